The highest BCUT2D eigenvalue weighted by Crippen LogP contribution is 2.63. The number of carbonyl (C=O) groups is 1. The molecule has 2 saturated carbocycles. The Kier molecular flexibility index (Phi) is 3.98. The van der Waals surface area contributed by atoms with E-state index < -0.39 is 0 Å². The normalized spacial score (nSPS) is 46.1. The summed E-state index contributed by atoms with van der Waals surface area (Å²) in [6.45, 7) is 14.8. The van der Waals surface area contributed by atoms with Crippen molar-refractivity contribution < 1.29 is 4.79 Å². The maximum absolute atomic E-state index is 12.6. The molecule has 3 aliphatic rings. The van der Waals surface area contributed by atoms with Gasteiger partial charge < -0.3 is 0 Å². The molecular formula is C22H32O. The lowest BCUT2D eigenvalue weighted by Gasteiger charge is -2.58. The SMILES string of the molecule is C=CC(=O)[C@]1(C)CCC[C@@]2(C)C3=CC[C@](C)(C=C)CC3CCC12. The molecule has 2 fully saturated rings. The summed E-state index contributed by atoms with van der Waals surface area (Å²) in [5, 5.41) is 0. The number of hydrogen-bond donors (Lipinski definition) is 0. The van der Waals surface area contributed by atoms with Crippen molar-refractivity contribution in [2.24, 2.45) is 28.1 Å². The van der Waals surface area contributed by atoms with Crippen molar-refractivity contribution in [2.45, 2.75) is 65.7 Å². The lowest BCUT2D eigenvalue weighted by molar-refractivity contribution is -0.134. The van der Waals surface area contributed by atoms with Crippen LogP contribution in [-0.2, 0) is 4.79 Å². The third kappa shape index (κ3) is 2.39. The van der Waals surface area contributed by atoms with Gasteiger partial charge in [-0.25, -0.2) is 0 Å². The number of carbonyl (C=O) groups excluding carboxylic acids is 1. The van der Waals surface area contributed by atoms with Gasteiger partial charge in [-0.2, -0.15) is 0 Å². The molecule has 23 heavy (non-hydrogen) atoms. The predicted molar refractivity (Wildman–Crippen MR) is 97.1 cm³/mol. The minimum Gasteiger partial charge on any atom is -0.294 e. The van der Waals surface area contributed by atoms with Crippen molar-refractivity contribution in [3.8, 4) is 0 Å². The Morgan fingerprint density at radius 3 is 2.61 bits per heavy atom. The molecule has 0 aliphatic heterocycles. The largest absolute Gasteiger partial charge is 0.294 e. The average molecular weight is 312 g/mol. The second-order valence-corrected chi connectivity index (χ2v) is 9.01. The Morgan fingerprint density at radius 1 is 1.22 bits per heavy atom. The van der Waals surface area contributed by atoms with E-state index in [0.29, 0.717) is 11.8 Å². The Hall–Kier alpha value is -1.11. The molecule has 126 valence electrons. The van der Waals surface area contributed by atoms with Crippen LogP contribution in [0.5, 0.6) is 0 Å². The van der Waals surface area contributed by atoms with Crippen LogP contribution in [0, 0.1) is 28.1 Å². The second kappa shape index (κ2) is 5.46. The molecule has 0 amide bonds. The molecule has 5 atom stereocenters. The second-order valence-electron chi connectivity index (χ2n) is 9.01. The van der Waals surface area contributed by atoms with Crippen LogP contribution in [0.1, 0.15) is 65.7 Å². The summed E-state index contributed by atoms with van der Waals surface area (Å²) in [6.07, 6.45) is 14.4. The molecule has 0 bridgehead atoms. The third-order valence-corrected chi connectivity index (χ3v) is 7.58. The van der Waals surface area contributed by atoms with E-state index in [1.54, 1.807) is 11.6 Å². The molecular weight excluding hydrogens is 280 g/mol. The summed E-state index contributed by atoms with van der Waals surface area (Å²) < 4.78 is 0. The topological polar surface area (TPSA) is 17.1 Å². The van der Waals surface area contributed by atoms with Gasteiger partial charge in [0.2, 0.25) is 0 Å². The molecule has 0 aromatic rings. The summed E-state index contributed by atoms with van der Waals surface area (Å²) in [6, 6.07) is 0. The van der Waals surface area contributed by atoms with E-state index in [1.165, 1.54) is 25.7 Å². The van der Waals surface area contributed by atoms with Gasteiger partial charge in [-0.3, -0.25) is 4.79 Å². The number of rotatable bonds is 3. The van der Waals surface area contributed by atoms with Crippen LogP contribution in [0.3, 0.4) is 0 Å². The maximum Gasteiger partial charge on any atom is 0.161 e. The quantitative estimate of drug-likeness (QED) is 0.470. The van der Waals surface area contributed by atoms with Crippen LogP contribution in [-0.4, -0.2) is 5.78 Å². The molecule has 0 aromatic heterocycles. The first-order valence-corrected chi connectivity index (χ1v) is 9.30. The van der Waals surface area contributed by atoms with Gasteiger partial charge in [-0.05, 0) is 67.3 Å². The molecule has 0 spiro atoms. The molecule has 0 aromatic carbocycles. The number of allylic oxidation sites excluding steroid dienone is 4. The lowest BCUT2D eigenvalue weighted by Crippen LogP contribution is -2.52. The van der Waals surface area contributed by atoms with Crippen LogP contribution in [0.25, 0.3) is 0 Å². The predicted octanol–water partition coefficient (Wildman–Crippen LogP) is 5.88. The van der Waals surface area contributed by atoms with Crippen molar-refractivity contribution in [2.75, 3.05) is 0 Å². The van der Waals surface area contributed by atoms with Crippen LogP contribution in [0.15, 0.2) is 37.0 Å². The minimum atomic E-state index is -0.209. The first-order chi connectivity index (χ1) is 10.8. The van der Waals surface area contributed by atoms with Crippen molar-refractivity contribution in [1.82, 2.24) is 0 Å². The zero-order valence-electron chi connectivity index (χ0n) is 15.2. The maximum atomic E-state index is 12.6. The fraction of sp³-hybridized carbons (Fsp3) is 0.682. The van der Waals surface area contributed by atoms with Crippen molar-refractivity contribution in [1.29, 1.82) is 0 Å². The molecule has 0 radical (unpaired) electrons. The molecule has 0 N–H and O–H groups in total. The summed E-state index contributed by atoms with van der Waals surface area (Å²) in [5.74, 6) is 1.43. The fourth-order valence-corrected chi connectivity index (χ4v) is 6.14. The summed E-state index contributed by atoms with van der Waals surface area (Å²) >= 11 is 0. The average Bonchev–Trinajstić information content (AvgIpc) is 2.53. The van der Waals surface area contributed by atoms with E-state index in [0.717, 1.165) is 19.3 Å². The minimum absolute atomic E-state index is 0.205. The van der Waals surface area contributed by atoms with Gasteiger partial charge in [0, 0.05) is 5.41 Å². The summed E-state index contributed by atoms with van der Waals surface area (Å²) in [7, 11) is 0. The Labute approximate surface area is 141 Å². The monoisotopic (exact) mass is 312 g/mol. The van der Waals surface area contributed by atoms with Gasteiger partial charge in [0.05, 0.1) is 0 Å². The van der Waals surface area contributed by atoms with E-state index in [9.17, 15) is 4.79 Å². The van der Waals surface area contributed by atoms with E-state index in [-0.39, 0.29) is 22.0 Å². The van der Waals surface area contributed by atoms with E-state index >= 15 is 0 Å². The number of fused-ring (bicyclic) bond motifs is 3. The zero-order chi connectivity index (χ0) is 16.9. The van der Waals surface area contributed by atoms with E-state index in [2.05, 4.69) is 46.1 Å². The van der Waals surface area contributed by atoms with Crippen LogP contribution >= 0.6 is 0 Å². The van der Waals surface area contributed by atoms with Crippen molar-refractivity contribution >= 4 is 5.78 Å². The first-order valence-electron chi connectivity index (χ1n) is 9.30. The molecule has 3 rings (SSSR count). The van der Waals surface area contributed by atoms with Crippen LogP contribution in [0.4, 0.5) is 0 Å². The highest BCUT2D eigenvalue weighted by atomic mass is 16.1. The number of hydrogen-bond acceptors (Lipinski definition) is 1. The Bertz CT molecular complexity index is 571. The molecule has 1 heteroatoms. The first kappa shape index (κ1) is 16.7. The van der Waals surface area contributed by atoms with Gasteiger partial charge in [0.25, 0.3) is 0 Å². The molecule has 0 heterocycles. The van der Waals surface area contributed by atoms with Crippen molar-refractivity contribution in [3.63, 3.8) is 0 Å². The Balaban J connectivity index is 2.00. The molecule has 1 nitrogen and oxygen atoms in total. The van der Waals surface area contributed by atoms with Gasteiger partial charge in [0.1, 0.15) is 0 Å². The smallest absolute Gasteiger partial charge is 0.161 e. The Morgan fingerprint density at radius 2 is 1.96 bits per heavy atom. The fourth-order valence-electron chi connectivity index (χ4n) is 6.14. The highest BCUT2D eigenvalue weighted by Gasteiger charge is 2.56. The molecule has 2 unspecified atom stereocenters. The lowest BCUT2D eigenvalue weighted by atomic mass is 9.45. The standard InChI is InChI=1S/C22H32O/c1-6-19(23)22(5)13-8-12-21(4)17-11-14-20(3,7-2)15-16(17)9-10-18(21)22/h6-7,11,16,18H,1-2,8-10,12-15H2,3-5H3/t16?,18?,20-,21-,22+/m0/s1. The van der Waals surface area contributed by atoms with Crippen LogP contribution in [0.2, 0.25) is 0 Å². The van der Waals surface area contributed by atoms with Gasteiger partial charge in [-0.15, -0.1) is 6.58 Å². The van der Waals surface area contributed by atoms with Crippen LogP contribution < -0.4 is 0 Å². The van der Waals surface area contributed by atoms with Crippen molar-refractivity contribution in [3.05, 3.63) is 37.0 Å². The number of ketones is 1. The van der Waals surface area contributed by atoms with Gasteiger partial charge in [0.15, 0.2) is 5.78 Å². The zero-order valence-corrected chi connectivity index (χ0v) is 15.2. The van der Waals surface area contributed by atoms with E-state index in [1.807, 2.05) is 0 Å². The van der Waals surface area contributed by atoms with Gasteiger partial charge in [-0.1, -0.05) is 51.5 Å². The van der Waals surface area contributed by atoms with E-state index in [4.69, 9.17) is 0 Å². The van der Waals surface area contributed by atoms with Gasteiger partial charge >= 0.3 is 0 Å². The highest BCUT2D eigenvalue weighted by molar-refractivity contribution is 5.94. The molecule has 0 saturated heterocycles. The third-order valence-electron chi connectivity index (χ3n) is 7.58. The summed E-state index contributed by atoms with van der Waals surface area (Å²) in [5.41, 5.74) is 1.92. The molecule has 3 aliphatic carbocycles. The summed E-state index contributed by atoms with van der Waals surface area (Å²) in [4.78, 5) is 12.6.